The Labute approximate surface area is 139 Å². The zero-order valence-electron chi connectivity index (χ0n) is 10.8. The normalized spacial score (nSPS) is 11.2. The number of halogens is 2. The Balaban J connectivity index is 2.35. The van der Waals surface area contributed by atoms with E-state index in [0.29, 0.717) is 0 Å². The fraction of sp³-hybridized carbons (Fsp3) is 0.133. The molecular formula is C15H12Br2N2S. The highest BCUT2D eigenvalue weighted by molar-refractivity contribution is 9.10. The monoisotopic (exact) mass is 410 g/mol. The first kappa shape index (κ1) is 14.0. The highest BCUT2D eigenvalue weighted by Crippen LogP contribution is 2.26. The van der Waals surface area contributed by atoms with Crippen molar-refractivity contribution in [2.75, 3.05) is 0 Å². The smallest absolute Gasteiger partial charge is 0.182 e. The predicted octanol–water partition coefficient (Wildman–Crippen LogP) is 5.78. The summed E-state index contributed by atoms with van der Waals surface area (Å²) in [5, 5.41) is 0. The predicted molar refractivity (Wildman–Crippen MR) is 93.2 cm³/mol. The summed E-state index contributed by atoms with van der Waals surface area (Å²) in [6, 6.07) is 12.5. The molecular weight excluding hydrogens is 400 g/mol. The Morgan fingerprint density at radius 1 is 1.10 bits per heavy atom. The van der Waals surface area contributed by atoms with Crippen LogP contribution in [-0.4, -0.2) is 9.55 Å². The van der Waals surface area contributed by atoms with Gasteiger partial charge in [0, 0.05) is 8.95 Å². The van der Waals surface area contributed by atoms with Gasteiger partial charge in [0.15, 0.2) is 4.77 Å². The van der Waals surface area contributed by atoms with E-state index in [1.165, 1.54) is 5.56 Å². The summed E-state index contributed by atoms with van der Waals surface area (Å²) in [4.78, 5) is 3.27. The standard InChI is InChI=1S/C15H12Br2N2S/c1-2-9-7-10(16)3-5-13(9)19-14-6-4-11(17)8-12(14)18-15(19)20/h3-8H,2H2,1H3,(H,18,20). The third kappa shape index (κ3) is 2.38. The van der Waals surface area contributed by atoms with Gasteiger partial charge in [0.25, 0.3) is 0 Å². The summed E-state index contributed by atoms with van der Waals surface area (Å²) in [5.41, 5.74) is 4.53. The minimum Gasteiger partial charge on any atom is -0.330 e. The number of aryl methyl sites for hydroxylation is 1. The first-order chi connectivity index (χ1) is 9.60. The van der Waals surface area contributed by atoms with Gasteiger partial charge in [-0.15, -0.1) is 0 Å². The van der Waals surface area contributed by atoms with Gasteiger partial charge < -0.3 is 4.98 Å². The van der Waals surface area contributed by atoms with E-state index in [0.717, 1.165) is 36.9 Å². The van der Waals surface area contributed by atoms with Crippen LogP contribution in [0, 0.1) is 4.77 Å². The molecule has 3 aromatic rings. The van der Waals surface area contributed by atoms with Crippen molar-refractivity contribution in [3.05, 3.63) is 55.7 Å². The Hall–Kier alpha value is -0.910. The summed E-state index contributed by atoms with van der Waals surface area (Å²) in [5.74, 6) is 0. The van der Waals surface area contributed by atoms with E-state index in [2.05, 4.69) is 66.5 Å². The van der Waals surface area contributed by atoms with Gasteiger partial charge in [0.05, 0.1) is 16.7 Å². The Kier molecular flexibility index (Phi) is 3.84. The number of benzene rings is 2. The molecule has 1 heterocycles. The lowest BCUT2D eigenvalue weighted by molar-refractivity contribution is 1.01. The molecule has 0 saturated heterocycles. The summed E-state index contributed by atoms with van der Waals surface area (Å²) in [6.07, 6.45) is 0.958. The minimum absolute atomic E-state index is 0.718. The van der Waals surface area contributed by atoms with Crippen LogP contribution in [0.25, 0.3) is 16.7 Å². The molecule has 0 aliphatic heterocycles. The lowest BCUT2D eigenvalue weighted by Gasteiger charge is -2.10. The zero-order chi connectivity index (χ0) is 14.3. The number of hydrogen-bond donors (Lipinski definition) is 1. The fourth-order valence-corrected chi connectivity index (χ4v) is 3.45. The number of H-pyrrole nitrogens is 1. The summed E-state index contributed by atoms with van der Waals surface area (Å²) >= 11 is 12.5. The molecule has 0 unspecified atom stereocenters. The summed E-state index contributed by atoms with van der Waals surface area (Å²) in [7, 11) is 0. The Bertz CT molecular complexity index is 849. The van der Waals surface area contributed by atoms with E-state index in [1.54, 1.807) is 0 Å². The highest BCUT2D eigenvalue weighted by atomic mass is 79.9. The molecule has 0 aliphatic carbocycles. The average molecular weight is 412 g/mol. The van der Waals surface area contributed by atoms with Crippen molar-refractivity contribution in [2.45, 2.75) is 13.3 Å². The van der Waals surface area contributed by atoms with Crippen LogP contribution in [0.1, 0.15) is 12.5 Å². The van der Waals surface area contributed by atoms with Gasteiger partial charge in [-0.1, -0.05) is 38.8 Å². The zero-order valence-corrected chi connectivity index (χ0v) is 14.8. The summed E-state index contributed by atoms with van der Waals surface area (Å²) in [6.45, 7) is 2.15. The molecule has 1 N–H and O–H groups in total. The van der Waals surface area contributed by atoms with E-state index < -0.39 is 0 Å². The second-order valence-corrected chi connectivity index (χ2v) is 6.77. The maximum atomic E-state index is 5.50. The molecule has 20 heavy (non-hydrogen) atoms. The average Bonchev–Trinajstić information content (AvgIpc) is 2.73. The topological polar surface area (TPSA) is 20.7 Å². The molecule has 5 heteroatoms. The first-order valence-corrected chi connectivity index (χ1v) is 8.28. The van der Waals surface area contributed by atoms with Crippen LogP contribution in [0.3, 0.4) is 0 Å². The van der Waals surface area contributed by atoms with E-state index >= 15 is 0 Å². The molecule has 0 atom stereocenters. The molecule has 0 bridgehead atoms. The van der Waals surface area contributed by atoms with Crippen LogP contribution in [0.4, 0.5) is 0 Å². The van der Waals surface area contributed by atoms with Crippen LogP contribution in [0.2, 0.25) is 0 Å². The van der Waals surface area contributed by atoms with Crippen molar-refractivity contribution >= 4 is 55.1 Å². The van der Waals surface area contributed by atoms with Crippen molar-refractivity contribution in [3.8, 4) is 5.69 Å². The van der Waals surface area contributed by atoms with Crippen LogP contribution in [0.15, 0.2) is 45.3 Å². The van der Waals surface area contributed by atoms with E-state index in [4.69, 9.17) is 12.2 Å². The second-order valence-electron chi connectivity index (χ2n) is 4.55. The van der Waals surface area contributed by atoms with Crippen LogP contribution >= 0.6 is 44.1 Å². The Morgan fingerprint density at radius 2 is 1.80 bits per heavy atom. The largest absolute Gasteiger partial charge is 0.330 e. The molecule has 2 nitrogen and oxygen atoms in total. The molecule has 0 amide bonds. The lowest BCUT2D eigenvalue weighted by Crippen LogP contribution is -1.99. The number of fused-ring (bicyclic) bond motifs is 1. The molecule has 0 radical (unpaired) electrons. The van der Waals surface area contributed by atoms with Gasteiger partial charge in [-0.3, -0.25) is 4.57 Å². The molecule has 0 spiro atoms. The maximum absolute atomic E-state index is 5.50. The second kappa shape index (κ2) is 5.47. The highest BCUT2D eigenvalue weighted by Gasteiger charge is 2.10. The van der Waals surface area contributed by atoms with Crippen molar-refractivity contribution in [3.63, 3.8) is 0 Å². The van der Waals surface area contributed by atoms with Crippen molar-refractivity contribution in [2.24, 2.45) is 0 Å². The number of nitrogens with zero attached hydrogens (tertiary/aromatic N) is 1. The molecule has 1 aromatic heterocycles. The maximum Gasteiger partial charge on any atom is 0.182 e. The third-order valence-electron chi connectivity index (χ3n) is 3.31. The quantitative estimate of drug-likeness (QED) is 0.530. The number of nitrogens with one attached hydrogen (secondary N) is 1. The van der Waals surface area contributed by atoms with Gasteiger partial charge in [-0.25, -0.2) is 0 Å². The molecule has 0 saturated carbocycles. The minimum atomic E-state index is 0.718. The molecule has 102 valence electrons. The van der Waals surface area contributed by atoms with Crippen LogP contribution in [0.5, 0.6) is 0 Å². The van der Waals surface area contributed by atoms with Gasteiger partial charge >= 0.3 is 0 Å². The van der Waals surface area contributed by atoms with Gasteiger partial charge in [-0.05, 0) is 60.6 Å². The first-order valence-electron chi connectivity index (χ1n) is 6.29. The molecule has 3 rings (SSSR count). The number of aromatic amines is 1. The van der Waals surface area contributed by atoms with Gasteiger partial charge in [0.2, 0.25) is 0 Å². The van der Waals surface area contributed by atoms with Crippen LogP contribution in [-0.2, 0) is 6.42 Å². The van der Waals surface area contributed by atoms with Gasteiger partial charge in [-0.2, -0.15) is 0 Å². The van der Waals surface area contributed by atoms with Crippen molar-refractivity contribution in [1.29, 1.82) is 0 Å². The molecule has 2 aromatic carbocycles. The number of rotatable bonds is 2. The molecule has 0 fully saturated rings. The van der Waals surface area contributed by atoms with E-state index in [9.17, 15) is 0 Å². The van der Waals surface area contributed by atoms with E-state index in [-0.39, 0.29) is 0 Å². The lowest BCUT2D eigenvalue weighted by atomic mass is 10.1. The van der Waals surface area contributed by atoms with Crippen LogP contribution < -0.4 is 0 Å². The Morgan fingerprint density at radius 3 is 2.55 bits per heavy atom. The number of hydrogen-bond acceptors (Lipinski definition) is 1. The van der Waals surface area contributed by atoms with Crippen molar-refractivity contribution in [1.82, 2.24) is 9.55 Å². The van der Waals surface area contributed by atoms with Crippen molar-refractivity contribution < 1.29 is 0 Å². The van der Waals surface area contributed by atoms with E-state index in [1.807, 2.05) is 18.2 Å². The van der Waals surface area contributed by atoms with Gasteiger partial charge in [0.1, 0.15) is 0 Å². The molecule has 0 aliphatic rings. The number of aromatic nitrogens is 2. The SMILES string of the molecule is CCc1cc(Br)ccc1-n1c(=S)[nH]c2cc(Br)ccc21. The summed E-state index contributed by atoms with van der Waals surface area (Å²) < 4.78 is 4.95. The number of imidazole rings is 1. The third-order valence-corrected chi connectivity index (χ3v) is 4.58. The fourth-order valence-electron chi connectivity index (χ4n) is 2.38.